The molecule has 1 atom stereocenters. The number of hydrazone groups is 1. The van der Waals surface area contributed by atoms with Crippen LogP contribution in [0.15, 0.2) is 59.7 Å². The third kappa shape index (κ3) is 2.38. The summed E-state index contributed by atoms with van der Waals surface area (Å²) >= 11 is 0. The van der Waals surface area contributed by atoms with Gasteiger partial charge in [-0.1, -0.05) is 18.2 Å². The first kappa shape index (κ1) is 12.7. The van der Waals surface area contributed by atoms with Gasteiger partial charge in [0.05, 0.1) is 18.5 Å². The Morgan fingerprint density at radius 3 is 2.45 bits per heavy atom. The summed E-state index contributed by atoms with van der Waals surface area (Å²) in [5.74, 6) is 0.813. The number of hydrogen-bond donors (Lipinski definition) is 1. The zero-order valence-corrected chi connectivity index (χ0v) is 11.2. The Kier molecular flexibility index (Phi) is 3.39. The average molecular weight is 268 g/mol. The van der Waals surface area contributed by atoms with Gasteiger partial charge in [-0.25, -0.2) is 5.01 Å². The molecule has 4 nitrogen and oxygen atoms in total. The Morgan fingerprint density at radius 1 is 1.10 bits per heavy atom. The first-order chi connectivity index (χ1) is 9.78. The molecule has 1 aliphatic heterocycles. The molecule has 0 aliphatic carbocycles. The van der Waals surface area contributed by atoms with Gasteiger partial charge in [0.2, 0.25) is 0 Å². The molecule has 3 rings (SSSR count). The van der Waals surface area contributed by atoms with E-state index in [1.807, 2.05) is 54.6 Å². The molecular formula is C16H16N2O2. The molecule has 2 aromatic carbocycles. The van der Waals surface area contributed by atoms with Gasteiger partial charge in [-0.3, -0.25) is 0 Å². The summed E-state index contributed by atoms with van der Waals surface area (Å²) in [6.07, 6.45) is -0.101. The van der Waals surface area contributed by atoms with Gasteiger partial charge in [-0.05, 0) is 42.0 Å². The van der Waals surface area contributed by atoms with Gasteiger partial charge in [0.25, 0.3) is 0 Å². The van der Waals surface area contributed by atoms with E-state index in [1.54, 1.807) is 12.1 Å². The van der Waals surface area contributed by atoms with Crippen LogP contribution in [0.1, 0.15) is 12.0 Å². The SMILES string of the molecule is COc1ccc(C2=NN(c3ccccc3)C(O)C2)cc1. The maximum atomic E-state index is 10.2. The number of methoxy groups -OCH3 is 1. The molecule has 1 N–H and O–H groups in total. The number of nitrogens with zero attached hydrogens (tertiary/aromatic N) is 2. The van der Waals surface area contributed by atoms with Gasteiger partial charge < -0.3 is 9.84 Å². The summed E-state index contributed by atoms with van der Waals surface area (Å²) in [5, 5.41) is 16.3. The molecule has 20 heavy (non-hydrogen) atoms. The number of hydrogen-bond acceptors (Lipinski definition) is 4. The lowest BCUT2D eigenvalue weighted by Gasteiger charge is -2.18. The van der Waals surface area contributed by atoms with Crippen molar-refractivity contribution in [3.8, 4) is 5.75 Å². The second-order valence-corrected chi connectivity index (χ2v) is 4.64. The molecular weight excluding hydrogens is 252 g/mol. The van der Waals surface area contributed by atoms with Crippen molar-refractivity contribution in [2.75, 3.05) is 12.1 Å². The highest BCUT2D eigenvalue weighted by atomic mass is 16.5. The molecule has 0 saturated carbocycles. The van der Waals surface area contributed by atoms with Crippen LogP contribution in [0, 0.1) is 0 Å². The topological polar surface area (TPSA) is 45.1 Å². The van der Waals surface area contributed by atoms with Crippen molar-refractivity contribution in [2.45, 2.75) is 12.6 Å². The third-order valence-electron chi connectivity index (χ3n) is 3.33. The first-order valence-corrected chi connectivity index (χ1v) is 6.52. The van der Waals surface area contributed by atoms with Crippen LogP contribution >= 0.6 is 0 Å². The third-order valence-corrected chi connectivity index (χ3v) is 3.33. The van der Waals surface area contributed by atoms with Gasteiger partial charge in [-0.15, -0.1) is 0 Å². The van der Waals surface area contributed by atoms with E-state index in [1.165, 1.54) is 0 Å². The molecule has 0 bridgehead atoms. The van der Waals surface area contributed by atoms with Crippen LogP contribution in [0.5, 0.6) is 5.75 Å². The Morgan fingerprint density at radius 2 is 1.80 bits per heavy atom. The van der Waals surface area contributed by atoms with Gasteiger partial charge in [0, 0.05) is 6.42 Å². The van der Waals surface area contributed by atoms with E-state index < -0.39 is 6.23 Å². The number of para-hydroxylation sites is 1. The molecule has 0 fully saturated rings. The second kappa shape index (κ2) is 5.35. The maximum absolute atomic E-state index is 10.2. The molecule has 1 aliphatic rings. The number of rotatable bonds is 3. The summed E-state index contributed by atoms with van der Waals surface area (Å²) in [6, 6.07) is 17.4. The fraction of sp³-hybridized carbons (Fsp3) is 0.188. The van der Waals surface area contributed by atoms with Crippen molar-refractivity contribution in [2.24, 2.45) is 5.10 Å². The predicted molar refractivity (Wildman–Crippen MR) is 79.1 cm³/mol. The van der Waals surface area contributed by atoms with Gasteiger partial charge >= 0.3 is 0 Å². The minimum Gasteiger partial charge on any atom is -0.497 e. The highest BCUT2D eigenvalue weighted by Gasteiger charge is 2.26. The summed E-state index contributed by atoms with van der Waals surface area (Å²) in [7, 11) is 1.64. The Bertz CT molecular complexity index is 608. The zero-order valence-electron chi connectivity index (χ0n) is 11.2. The van der Waals surface area contributed by atoms with Crippen LogP contribution in [0.2, 0.25) is 0 Å². The molecule has 1 unspecified atom stereocenters. The molecule has 0 radical (unpaired) electrons. The monoisotopic (exact) mass is 268 g/mol. The van der Waals surface area contributed by atoms with E-state index in [-0.39, 0.29) is 0 Å². The number of ether oxygens (including phenoxy) is 1. The van der Waals surface area contributed by atoms with Crippen molar-refractivity contribution in [1.29, 1.82) is 0 Å². The largest absolute Gasteiger partial charge is 0.497 e. The fourth-order valence-corrected chi connectivity index (χ4v) is 2.27. The molecule has 0 saturated heterocycles. The second-order valence-electron chi connectivity index (χ2n) is 4.64. The van der Waals surface area contributed by atoms with Crippen molar-refractivity contribution < 1.29 is 9.84 Å². The summed E-state index contributed by atoms with van der Waals surface area (Å²) in [5.41, 5.74) is 2.77. The fourth-order valence-electron chi connectivity index (χ4n) is 2.27. The number of benzene rings is 2. The normalized spacial score (nSPS) is 18.0. The molecule has 2 aromatic rings. The highest BCUT2D eigenvalue weighted by molar-refractivity contribution is 6.03. The first-order valence-electron chi connectivity index (χ1n) is 6.52. The summed E-state index contributed by atoms with van der Waals surface area (Å²) in [4.78, 5) is 0. The predicted octanol–water partition coefficient (Wildman–Crippen LogP) is 2.63. The average Bonchev–Trinajstić information content (AvgIpc) is 2.90. The lowest BCUT2D eigenvalue weighted by atomic mass is 10.1. The smallest absolute Gasteiger partial charge is 0.153 e. The molecule has 102 valence electrons. The highest BCUT2D eigenvalue weighted by Crippen LogP contribution is 2.25. The van der Waals surface area contributed by atoms with Crippen LogP contribution in [0.25, 0.3) is 0 Å². The van der Waals surface area contributed by atoms with Crippen molar-refractivity contribution in [3.63, 3.8) is 0 Å². The number of aliphatic hydroxyl groups excluding tert-OH is 1. The van der Waals surface area contributed by atoms with E-state index >= 15 is 0 Å². The molecule has 1 heterocycles. The molecule has 4 heteroatoms. The van der Waals surface area contributed by atoms with Gasteiger partial charge in [-0.2, -0.15) is 5.10 Å². The zero-order chi connectivity index (χ0) is 13.9. The lowest BCUT2D eigenvalue weighted by Crippen LogP contribution is -2.25. The van der Waals surface area contributed by atoms with Crippen molar-refractivity contribution in [3.05, 3.63) is 60.2 Å². The van der Waals surface area contributed by atoms with Crippen LogP contribution in [0.4, 0.5) is 5.69 Å². The van der Waals surface area contributed by atoms with E-state index in [0.717, 1.165) is 22.7 Å². The quantitative estimate of drug-likeness (QED) is 0.930. The standard InChI is InChI=1S/C16H16N2O2/c1-20-14-9-7-12(8-10-14)15-11-16(19)18(17-15)13-5-3-2-4-6-13/h2-10,16,19H,11H2,1H3. The number of anilines is 1. The van der Waals surface area contributed by atoms with Gasteiger partial charge in [0.15, 0.2) is 6.23 Å². The van der Waals surface area contributed by atoms with E-state index in [0.29, 0.717) is 6.42 Å². The van der Waals surface area contributed by atoms with Crippen molar-refractivity contribution >= 4 is 11.4 Å². The van der Waals surface area contributed by atoms with Crippen LogP contribution < -0.4 is 9.75 Å². The van der Waals surface area contributed by atoms with Crippen LogP contribution in [-0.2, 0) is 0 Å². The van der Waals surface area contributed by atoms with E-state index in [4.69, 9.17) is 4.74 Å². The number of aliphatic hydroxyl groups is 1. The van der Waals surface area contributed by atoms with Crippen LogP contribution in [0.3, 0.4) is 0 Å². The summed E-state index contributed by atoms with van der Waals surface area (Å²) in [6.45, 7) is 0. The minimum absolute atomic E-state index is 0.515. The lowest BCUT2D eigenvalue weighted by molar-refractivity contribution is 0.187. The van der Waals surface area contributed by atoms with Gasteiger partial charge in [0.1, 0.15) is 5.75 Å². The minimum atomic E-state index is -0.616. The van der Waals surface area contributed by atoms with E-state index in [2.05, 4.69) is 5.10 Å². The molecule has 0 aromatic heterocycles. The Balaban J connectivity index is 1.87. The Hall–Kier alpha value is -2.33. The Labute approximate surface area is 117 Å². The van der Waals surface area contributed by atoms with Crippen molar-refractivity contribution in [1.82, 2.24) is 0 Å². The molecule has 0 spiro atoms. The molecule has 0 amide bonds. The maximum Gasteiger partial charge on any atom is 0.153 e. The van der Waals surface area contributed by atoms with E-state index in [9.17, 15) is 5.11 Å². The van der Waals surface area contributed by atoms with Crippen LogP contribution in [-0.4, -0.2) is 24.2 Å². The summed E-state index contributed by atoms with van der Waals surface area (Å²) < 4.78 is 5.14.